The van der Waals surface area contributed by atoms with Gasteiger partial charge in [0.05, 0.1) is 12.9 Å². The number of likely N-dealkylation sites (tertiary alicyclic amines) is 1. The van der Waals surface area contributed by atoms with Crippen molar-refractivity contribution in [3.05, 3.63) is 34.8 Å². The number of aromatic amines is 1. The molecule has 3 heterocycles. The van der Waals surface area contributed by atoms with E-state index in [1.807, 2.05) is 6.20 Å². The molecule has 0 radical (unpaired) electrons. The molecule has 2 aromatic rings. The molecule has 1 aliphatic rings. The standard InChI is InChI=1S/C13H18N6O3.C2H2O4.H2O/c14-13(20)12-11(17-22-19(12)21)7-18-3-1-9(2-4-18)5-10-6-15-8-16-10;3-1(4)2(5)6;/h6,8-9H,1-5,7H2,(H2,14,20)(H,15,16);(H,3,4)(H,5,6);1H2. The van der Waals surface area contributed by atoms with Crippen LogP contribution in [0.5, 0.6) is 0 Å². The molecule has 14 heteroatoms. The molecular formula is C15H22N6O8. The first kappa shape index (κ1) is 23.5. The Morgan fingerprint density at radius 1 is 1.31 bits per heavy atom. The van der Waals surface area contributed by atoms with Gasteiger partial charge in [-0.25, -0.2) is 14.6 Å². The predicted octanol–water partition coefficient (Wildman–Crippen LogP) is -2.08. The Balaban J connectivity index is 0.000000529. The van der Waals surface area contributed by atoms with E-state index < -0.39 is 17.8 Å². The highest BCUT2D eigenvalue weighted by Gasteiger charge is 2.28. The zero-order valence-electron chi connectivity index (χ0n) is 15.3. The SMILES string of the molecule is NC(=O)c1c(CN2CCC(Cc3cnc[nH]3)CC2)no[n+]1[O-].O.O=C(O)C(=O)O. The molecule has 0 aliphatic carbocycles. The summed E-state index contributed by atoms with van der Waals surface area (Å²) < 4.78 is 4.46. The van der Waals surface area contributed by atoms with E-state index in [1.165, 1.54) is 0 Å². The van der Waals surface area contributed by atoms with E-state index in [2.05, 4.69) is 24.7 Å². The van der Waals surface area contributed by atoms with E-state index >= 15 is 0 Å². The van der Waals surface area contributed by atoms with E-state index in [0.29, 0.717) is 18.2 Å². The monoisotopic (exact) mass is 414 g/mol. The molecule has 1 fully saturated rings. The fourth-order valence-electron chi connectivity index (χ4n) is 2.88. The van der Waals surface area contributed by atoms with Crippen LogP contribution in [0.4, 0.5) is 0 Å². The molecule has 1 aliphatic heterocycles. The molecule has 0 saturated carbocycles. The number of piperidine rings is 1. The molecule has 160 valence electrons. The topological polar surface area (TPSA) is 234 Å². The largest absolute Gasteiger partial charge is 0.473 e. The van der Waals surface area contributed by atoms with Crippen molar-refractivity contribution in [1.82, 2.24) is 20.0 Å². The van der Waals surface area contributed by atoms with Gasteiger partial charge < -0.3 is 31.6 Å². The number of carbonyl (C=O) groups is 3. The summed E-state index contributed by atoms with van der Waals surface area (Å²) in [5.74, 6) is -3.86. The summed E-state index contributed by atoms with van der Waals surface area (Å²) >= 11 is 0. The van der Waals surface area contributed by atoms with Gasteiger partial charge in [0, 0.05) is 17.0 Å². The summed E-state index contributed by atoms with van der Waals surface area (Å²) in [7, 11) is 0. The molecule has 3 rings (SSSR count). The molecule has 1 amide bonds. The average molecular weight is 414 g/mol. The van der Waals surface area contributed by atoms with Crippen LogP contribution in [-0.2, 0) is 22.6 Å². The summed E-state index contributed by atoms with van der Waals surface area (Å²) in [4.78, 5) is 38.8. The number of H-pyrrole nitrogens is 1. The number of aromatic nitrogens is 4. The van der Waals surface area contributed by atoms with Gasteiger partial charge in [0.1, 0.15) is 0 Å². The predicted molar refractivity (Wildman–Crippen MR) is 93.2 cm³/mol. The summed E-state index contributed by atoms with van der Waals surface area (Å²) in [6.07, 6.45) is 6.62. The van der Waals surface area contributed by atoms with Crippen LogP contribution >= 0.6 is 0 Å². The first-order valence-corrected chi connectivity index (χ1v) is 8.32. The van der Waals surface area contributed by atoms with E-state index in [9.17, 15) is 10.0 Å². The maximum absolute atomic E-state index is 11.3. The van der Waals surface area contributed by atoms with Crippen molar-refractivity contribution < 1.29 is 39.6 Å². The van der Waals surface area contributed by atoms with Gasteiger partial charge in [0.15, 0.2) is 0 Å². The summed E-state index contributed by atoms with van der Waals surface area (Å²) in [5, 5.41) is 29.7. The molecule has 29 heavy (non-hydrogen) atoms. The smallest absolute Gasteiger partial charge is 0.414 e. The third kappa shape index (κ3) is 6.86. The van der Waals surface area contributed by atoms with Crippen molar-refractivity contribution in [2.75, 3.05) is 13.1 Å². The van der Waals surface area contributed by atoms with Crippen molar-refractivity contribution in [1.29, 1.82) is 0 Å². The van der Waals surface area contributed by atoms with Crippen molar-refractivity contribution in [2.24, 2.45) is 11.7 Å². The van der Waals surface area contributed by atoms with Crippen LogP contribution in [0.15, 0.2) is 17.2 Å². The first-order chi connectivity index (χ1) is 13.3. The van der Waals surface area contributed by atoms with Crippen molar-refractivity contribution in [3.63, 3.8) is 0 Å². The number of imidazole rings is 1. The molecule has 0 aromatic carbocycles. The Morgan fingerprint density at radius 2 is 1.93 bits per heavy atom. The third-order valence-corrected chi connectivity index (χ3v) is 4.24. The number of primary amides is 1. The number of nitrogens with zero attached hydrogens (tertiary/aromatic N) is 4. The molecule has 7 N–H and O–H groups in total. The minimum absolute atomic E-state index is 0. The van der Waals surface area contributed by atoms with E-state index in [-0.39, 0.29) is 16.1 Å². The van der Waals surface area contributed by atoms with E-state index in [0.717, 1.165) is 38.0 Å². The second kappa shape index (κ2) is 10.7. The lowest BCUT2D eigenvalue weighted by Crippen LogP contribution is -2.37. The van der Waals surface area contributed by atoms with Crippen LogP contribution in [0.25, 0.3) is 0 Å². The highest BCUT2D eigenvalue weighted by atomic mass is 16.8. The number of aliphatic carboxylic acids is 2. The number of nitrogens with one attached hydrogen (secondary N) is 1. The van der Waals surface area contributed by atoms with Gasteiger partial charge >= 0.3 is 11.9 Å². The molecular weight excluding hydrogens is 392 g/mol. The minimum atomic E-state index is -1.82. The highest BCUT2D eigenvalue weighted by Crippen LogP contribution is 2.22. The number of carboxylic acids is 2. The Bertz CT molecular complexity index is 801. The van der Waals surface area contributed by atoms with Crippen molar-refractivity contribution in [3.8, 4) is 0 Å². The van der Waals surface area contributed by atoms with Crippen molar-refractivity contribution >= 4 is 17.8 Å². The number of hydrogen-bond donors (Lipinski definition) is 4. The highest BCUT2D eigenvalue weighted by molar-refractivity contribution is 6.27. The number of hydrogen-bond acceptors (Lipinski definition) is 8. The number of carboxylic acid groups (broad SMARTS) is 2. The second-order valence-electron chi connectivity index (χ2n) is 6.20. The number of carbonyl (C=O) groups excluding carboxylic acids is 1. The first-order valence-electron chi connectivity index (χ1n) is 8.32. The molecule has 1 saturated heterocycles. The number of nitrogens with two attached hydrogens (primary N) is 1. The maximum Gasteiger partial charge on any atom is 0.414 e. The summed E-state index contributed by atoms with van der Waals surface area (Å²) in [6, 6.07) is 0. The molecule has 2 aromatic heterocycles. The molecule has 0 atom stereocenters. The summed E-state index contributed by atoms with van der Waals surface area (Å²) in [5.41, 5.74) is 6.42. The second-order valence-corrected chi connectivity index (χ2v) is 6.20. The third-order valence-electron chi connectivity index (χ3n) is 4.24. The van der Waals surface area contributed by atoms with Crippen LogP contribution in [0, 0.1) is 11.1 Å². The zero-order valence-corrected chi connectivity index (χ0v) is 15.3. The lowest BCUT2D eigenvalue weighted by molar-refractivity contribution is -0.803. The van der Waals surface area contributed by atoms with E-state index in [4.69, 9.17) is 25.5 Å². The minimum Gasteiger partial charge on any atom is -0.473 e. The quantitative estimate of drug-likeness (QED) is 0.307. The van der Waals surface area contributed by atoms with Gasteiger partial charge in [-0.05, 0) is 43.2 Å². The zero-order chi connectivity index (χ0) is 20.7. The molecule has 0 bridgehead atoms. The summed E-state index contributed by atoms with van der Waals surface area (Å²) in [6.45, 7) is 2.15. The molecule has 0 unspecified atom stereocenters. The van der Waals surface area contributed by atoms with Gasteiger partial charge in [-0.1, -0.05) is 0 Å². The van der Waals surface area contributed by atoms with Crippen LogP contribution in [-0.4, -0.2) is 66.6 Å². The fourth-order valence-corrected chi connectivity index (χ4v) is 2.88. The fraction of sp³-hybridized carbons (Fsp3) is 0.467. The van der Waals surface area contributed by atoms with Crippen molar-refractivity contribution in [2.45, 2.75) is 25.8 Å². The number of rotatable bonds is 5. The van der Waals surface area contributed by atoms with Gasteiger partial charge in [0.2, 0.25) is 5.69 Å². The van der Waals surface area contributed by atoms with Crippen LogP contribution in [0.1, 0.15) is 34.7 Å². The van der Waals surface area contributed by atoms with Gasteiger partial charge in [-0.15, -0.1) is 0 Å². The number of amides is 1. The van der Waals surface area contributed by atoms with E-state index in [1.54, 1.807) is 6.33 Å². The molecule has 0 spiro atoms. The van der Waals surface area contributed by atoms with Gasteiger partial charge in [-0.3, -0.25) is 14.3 Å². The van der Waals surface area contributed by atoms with Gasteiger partial charge in [-0.2, -0.15) is 0 Å². The Kier molecular flexibility index (Phi) is 8.69. The van der Waals surface area contributed by atoms with Gasteiger partial charge in [0.25, 0.3) is 11.6 Å². The Morgan fingerprint density at radius 3 is 2.41 bits per heavy atom. The van der Waals surface area contributed by atoms with Crippen LogP contribution in [0.2, 0.25) is 0 Å². The normalized spacial score (nSPS) is 14.3. The van der Waals surface area contributed by atoms with Crippen LogP contribution < -0.4 is 10.6 Å². The van der Waals surface area contributed by atoms with Crippen LogP contribution in [0.3, 0.4) is 0 Å². The average Bonchev–Trinajstić information content (AvgIpc) is 3.27. The Hall–Kier alpha value is -3.52. The maximum atomic E-state index is 11.3. The lowest BCUT2D eigenvalue weighted by atomic mass is 9.92. The molecule has 14 nitrogen and oxygen atoms in total. The Labute approximate surface area is 163 Å². The lowest BCUT2D eigenvalue weighted by Gasteiger charge is -2.30.